The normalized spacial score (nSPS) is 22.3. The molecule has 2 heterocycles. The second-order valence-electron chi connectivity index (χ2n) is 7.78. The Bertz CT molecular complexity index is 453. The summed E-state index contributed by atoms with van der Waals surface area (Å²) in [5, 5.41) is 3.41. The van der Waals surface area contributed by atoms with E-state index in [9.17, 15) is 4.79 Å². The predicted molar refractivity (Wildman–Crippen MR) is 122 cm³/mol. The van der Waals surface area contributed by atoms with Gasteiger partial charge in [0.05, 0.1) is 13.0 Å². The van der Waals surface area contributed by atoms with Crippen molar-refractivity contribution in [2.24, 2.45) is 16.8 Å². The lowest BCUT2D eigenvalue weighted by atomic mass is 9.97. The summed E-state index contributed by atoms with van der Waals surface area (Å²) in [5.74, 6) is 1.84. The molecule has 2 saturated heterocycles. The average Bonchev–Trinajstić information content (AvgIpc) is 2.66. The highest BCUT2D eigenvalue weighted by molar-refractivity contribution is 14.0. The lowest BCUT2D eigenvalue weighted by molar-refractivity contribution is -0.146. The van der Waals surface area contributed by atoms with Gasteiger partial charge in [-0.1, -0.05) is 6.92 Å². The third kappa shape index (κ3) is 8.54. The van der Waals surface area contributed by atoms with E-state index >= 15 is 0 Å². The van der Waals surface area contributed by atoms with Gasteiger partial charge in [0.2, 0.25) is 0 Å². The van der Waals surface area contributed by atoms with Gasteiger partial charge in [-0.15, -0.1) is 24.0 Å². The summed E-state index contributed by atoms with van der Waals surface area (Å²) >= 11 is 0. The number of piperidine rings is 2. The largest absolute Gasteiger partial charge is 0.469 e. The van der Waals surface area contributed by atoms with Crippen LogP contribution in [-0.2, 0) is 9.53 Å². The Hall–Kier alpha value is -0.570. The van der Waals surface area contributed by atoms with E-state index in [0.29, 0.717) is 0 Å². The maximum Gasteiger partial charge on any atom is 0.308 e. The molecule has 1 N–H and O–H groups in total. The lowest BCUT2D eigenvalue weighted by Gasteiger charge is -2.33. The Labute approximate surface area is 182 Å². The molecule has 1 atom stereocenters. The number of likely N-dealkylation sites (tertiary alicyclic amines) is 2. The number of nitrogens with zero attached hydrogens (tertiary/aromatic N) is 3. The molecule has 27 heavy (non-hydrogen) atoms. The molecule has 158 valence electrons. The molecule has 0 aromatic heterocycles. The molecule has 0 aliphatic carbocycles. The molecule has 2 aliphatic heterocycles. The smallest absolute Gasteiger partial charge is 0.308 e. The van der Waals surface area contributed by atoms with Gasteiger partial charge in [0.15, 0.2) is 5.96 Å². The maximum atomic E-state index is 11.7. The van der Waals surface area contributed by atoms with E-state index in [1.807, 2.05) is 0 Å². The van der Waals surface area contributed by atoms with Crippen LogP contribution in [0.4, 0.5) is 0 Å². The van der Waals surface area contributed by atoms with Crippen LogP contribution in [0.2, 0.25) is 0 Å². The number of methoxy groups -OCH3 is 1. The summed E-state index contributed by atoms with van der Waals surface area (Å²) in [4.78, 5) is 21.4. The van der Waals surface area contributed by atoms with Gasteiger partial charge in [0.1, 0.15) is 0 Å². The Morgan fingerprint density at radius 2 is 1.93 bits per heavy atom. The molecule has 0 spiro atoms. The van der Waals surface area contributed by atoms with E-state index in [2.05, 4.69) is 29.0 Å². The molecule has 0 aromatic rings. The van der Waals surface area contributed by atoms with Crippen LogP contribution >= 0.6 is 24.0 Å². The third-order valence-electron chi connectivity index (χ3n) is 5.55. The molecular formula is C20H39IN4O2. The summed E-state index contributed by atoms with van der Waals surface area (Å²) in [7, 11) is 1.48. The molecule has 2 aliphatic rings. The number of unbranched alkanes of at least 4 members (excludes halogenated alkanes) is 1. The number of ether oxygens (including phenoxy) is 1. The first-order valence-electron chi connectivity index (χ1n) is 10.5. The number of carbonyl (C=O) groups is 1. The fourth-order valence-corrected chi connectivity index (χ4v) is 4.04. The molecule has 2 fully saturated rings. The first kappa shape index (κ1) is 24.5. The molecule has 2 rings (SSSR count). The minimum atomic E-state index is -0.0707. The minimum Gasteiger partial charge on any atom is -0.469 e. The van der Waals surface area contributed by atoms with Gasteiger partial charge in [0.25, 0.3) is 0 Å². The van der Waals surface area contributed by atoms with Gasteiger partial charge in [-0.05, 0) is 64.5 Å². The number of hydrogen-bond acceptors (Lipinski definition) is 4. The molecule has 6 nitrogen and oxygen atoms in total. The van der Waals surface area contributed by atoms with Crippen LogP contribution < -0.4 is 5.32 Å². The number of rotatable bonds is 7. The van der Waals surface area contributed by atoms with E-state index in [1.165, 1.54) is 46.0 Å². The summed E-state index contributed by atoms with van der Waals surface area (Å²) in [6.45, 7) is 11.7. The van der Waals surface area contributed by atoms with Crippen molar-refractivity contribution in [1.29, 1.82) is 0 Å². The van der Waals surface area contributed by atoms with Crippen molar-refractivity contribution in [1.82, 2.24) is 15.1 Å². The van der Waals surface area contributed by atoms with E-state index in [1.54, 1.807) is 0 Å². The van der Waals surface area contributed by atoms with E-state index in [4.69, 9.17) is 9.73 Å². The van der Waals surface area contributed by atoms with E-state index in [-0.39, 0.29) is 35.9 Å². The molecule has 0 bridgehead atoms. The van der Waals surface area contributed by atoms with Crippen LogP contribution in [-0.4, -0.2) is 74.7 Å². The van der Waals surface area contributed by atoms with Gasteiger partial charge in [0, 0.05) is 32.7 Å². The van der Waals surface area contributed by atoms with Gasteiger partial charge in [-0.2, -0.15) is 0 Å². The summed E-state index contributed by atoms with van der Waals surface area (Å²) < 4.78 is 4.87. The van der Waals surface area contributed by atoms with Crippen LogP contribution in [0, 0.1) is 11.8 Å². The summed E-state index contributed by atoms with van der Waals surface area (Å²) in [6.07, 6.45) is 6.80. The van der Waals surface area contributed by atoms with Crippen LogP contribution in [0.15, 0.2) is 4.99 Å². The van der Waals surface area contributed by atoms with Crippen molar-refractivity contribution < 1.29 is 9.53 Å². The minimum absolute atomic E-state index is 0. The summed E-state index contributed by atoms with van der Waals surface area (Å²) in [5.41, 5.74) is 0. The first-order chi connectivity index (χ1) is 12.6. The van der Waals surface area contributed by atoms with Crippen LogP contribution in [0.25, 0.3) is 0 Å². The molecule has 1 unspecified atom stereocenters. The Kier molecular flexibility index (Phi) is 12.3. The fourth-order valence-electron chi connectivity index (χ4n) is 4.04. The first-order valence-corrected chi connectivity index (χ1v) is 10.5. The van der Waals surface area contributed by atoms with Gasteiger partial charge in [-0.25, -0.2) is 0 Å². The van der Waals surface area contributed by atoms with Crippen molar-refractivity contribution in [3.63, 3.8) is 0 Å². The molecule has 7 heteroatoms. The van der Waals surface area contributed by atoms with Gasteiger partial charge >= 0.3 is 5.97 Å². The highest BCUT2D eigenvalue weighted by atomic mass is 127. The zero-order valence-corrected chi connectivity index (χ0v) is 19.7. The number of aliphatic imine (C=N–C) groups is 1. The second-order valence-corrected chi connectivity index (χ2v) is 7.78. The highest BCUT2D eigenvalue weighted by Gasteiger charge is 2.26. The second kappa shape index (κ2) is 13.6. The number of guanidine groups is 1. The van der Waals surface area contributed by atoms with E-state index in [0.717, 1.165) is 57.3 Å². The third-order valence-corrected chi connectivity index (χ3v) is 5.55. The quantitative estimate of drug-likeness (QED) is 0.194. The highest BCUT2D eigenvalue weighted by Crippen LogP contribution is 2.19. The van der Waals surface area contributed by atoms with Crippen molar-refractivity contribution in [2.75, 3.05) is 52.9 Å². The van der Waals surface area contributed by atoms with Crippen LogP contribution in [0.5, 0.6) is 0 Å². The Morgan fingerprint density at radius 1 is 1.19 bits per heavy atom. The van der Waals surface area contributed by atoms with Crippen molar-refractivity contribution >= 4 is 35.9 Å². The molecule has 0 radical (unpaired) electrons. The average molecular weight is 494 g/mol. The fraction of sp³-hybridized carbons (Fsp3) is 0.900. The molecular weight excluding hydrogens is 455 g/mol. The molecule has 0 saturated carbocycles. The van der Waals surface area contributed by atoms with E-state index < -0.39 is 0 Å². The van der Waals surface area contributed by atoms with Crippen molar-refractivity contribution in [2.45, 2.75) is 52.4 Å². The monoisotopic (exact) mass is 494 g/mol. The number of carbonyl (C=O) groups excluding carboxylic acids is 1. The van der Waals surface area contributed by atoms with Crippen molar-refractivity contribution in [3.05, 3.63) is 0 Å². The van der Waals surface area contributed by atoms with Gasteiger partial charge in [-0.3, -0.25) is 9.79 Å². The molecule has 0 aromatic carbocycles. The predicted octanol–water partition coefficient (Wildman–Crippen LogP) is 2.97. The SMILES string of the molecule is CCNC(=NCCCCN1CCCC(C)C1)N1CCC(C(=O)OC)CC1.I. The summed E-state index contributed by atoms with van der Waals surface area (Å²) in [6, 6.07) is 0. The lowest BCUT2D eigenvalue weighted by Crippen LogP contribution is -2.46. The zero-order chi connectivity index (χ0) is 18.8. The Morgan fingerprint density at radius 3 is 2.56 bits per heavy atom. The van der Waals surface area contributed by atoms with Crippen molar-refractivity contribution in [3.8, 4) is 0 Å². The zero-order valence-electron chi connectivity index (χ0n) is 17.4. The van der Waals surface area contributed by atoms with Crippen LogP contribution in [0.1, 0.15) is 52.4 Å². The molecule has 0 amide bonds. The van der Waals surface area contributed by atoms with Gasteiger partial charge < -0.3 is 19.9 Å². The maximum absolute atomic E-state index is 11.7. The number of hydrogen-bond donors (Lipinski definition) is 1. The van der Waals surface area contributed by atoms with Crippen LogP contribution in [0.3, 0.4) is 0 Å². The number of esters is 1. The number of nitrogens with one attached hydrogen (secondary N) is 1. The Balaban J connectivity index is 0.00000364. The number of halogens is 1. The topological polar surface area (TPSA) is 57.2 Å². The standard InChI is InChI=1S/C20H38N4O2.HI/c1-4-21-20(24-14-9-18(10-15-24)19(25)26-3)22-11-5-6-12-23-13-7-8-17(2)16-23;/h17-18H,4-16H2,1-3H3,(H,21,22);1H.